The standard InChI is InChI=1S/C6H11NO/c1-6(3-4-7)5-8-2/h6H,3,5H2,1-2H3. The molecule has 0 aromatic rings. The number of hydrogen-bond acceptors (Lipinski definition) is 2. The second kappa shape index (κ2) is 4.61. The fourth-order valence-corrected chi connectivity index (χ4v) is 0.499. The van der Waals surface area contributed by atoms with E-state index in [-0.39, 0.29) is 0 Å². The molecular weight excluding hydrogens is 102 g/mol. The quantitative estimate of drug-likeness (QED) is 0.550. The molecule has 1 unspecified atom stereocenters. The Labute approximate surface area is 50.1 Å². The Balaban J connectivity index is 3.08. The number of rotatable bonds is 3. The van der Waals surface area contributed by atoms with Gasteiger partial charge in [-0.3, -0.25) is 0 Å². The summed E-state index contributed by atoms with van der Waals surface area (Å²) in [6.45, 7) is 2.68. The predicted octanol–water partition coefficient (Wildman–Crippen LogP) is 1.18. The van der Waals surface area contributed by atoms with Crippen molar-refractivity contribution in [3.05, 3.63) is 0 Å². The maximum absolute atomic E-state index is 8.16. The van der Waals surface area contributed by atoms with Crippen LogP contribution in [0.1, 0.15) is 13.3 Å². The predicted molar refractivity (Wildman–Crippen MR) is 31.3 cm³/mol. The third kappa shape index (κ3) is 3.63. The summed E-state index contributed by atoms with van der Waals surface area (Å²) in [7, 11) is 1.65. The molecule has 0 N–H and O–H groups in total. The normalized spacial score (nSPS) is 12.6. The van der Waals surface area contributed by atoms with Gasteiger partial charge in [0.1, 0.15) is 0 Å². The summed E-state index contributed by atoms with van der Waals surface area (Å²) < 4.78 is 4.81. The lowest BCUT2D eigenvalue weighted by molar-refractivity contribution is 0.161. The summed E-state index contributed by atoms with van der Waals surface area (Å²) in [6, 6.07) is 2.07. The molecule has 0 bridgehead atoms. The van der Waals surface area contributed by atoms with Gasteiger partial charge in [0.2, 0.25) is 0 Å². The number of hydrogen-bond donors (Lipinski definition) is 0. The molecule has 46 valence electrons. The van der Waals surface area contributed by atoms with E-state index >= 15 is 0 Å². The molecule has 1 atom stereocenters. The van der Waals surface area contributed by atoms with Gasteiger partial charge < -0.3 is 4.74 Å². The topological polar surface area (TPSA) is 33.0 Å². The number of nitrogens with zero attached hydrogens (tertiary/aromatic N) is 1. The Bertz CT molecular complexity index is 85.0. The molecule has 0 aliphatic heterocycles. The molecule has 2 heteroatoms. The zero-order valence-corrected chi connectivity index (χ0v) is 5.35. The van der Waals surface area contributed by atoms with Gasteiger partial charge in [0, 0.05) is 20.1 Å². The van der Waals surface area contributed by atoms with Crippen LogP contribution in [0.3, 0.4) is 0 Å². The van der Waals surface area contributed by atoms with Crippen molar-refractivity contribution in [2.45, 2.75) is 13.3 Å². The van der Waals surface area contributed by atoms with Crippen molar-refractivity contribution in [1.82, 2.24) is 0 Å². The summed E-state index contributed by atoms with van der Waals surface area (Å²) >= 11 is 0. The molecule has 2 nitrogen and oxygen atoms in total. The van der Waals surface area contributed by atoms with Gasteiger partial charge in [-0.25, -0.2) is 0 Å². The lowest BCUT2D eigenvalue weighted by atomic mass is 10.1. The van der Waals surface area contributed by atoms with Gasteiger partial charge in [-0.1, -0.05) is 6.92 Å². The Kier molecular flexibility index (Phi) is 4.29. The average Bonchev–Trinajstić information content (AvgIpc) is 1.68. The first-order valence-corrected chi connectivity index (χ1v) is 2.67. The van der Waals surface area contributed by atoms with Crippen LogP contribution >= 0.6 is 0 Å². The molecule has 0 aromatic heterocycles. The first kappa shape index (κ1) is 7.45. The zero-order valence-electron chi connectivity index (χ0n) is 5.35. The smallest absolute Gasteiger partial charge is 0.0625 e. The lowest BCUT2D eigenvalue weighted by Gasteiger charge is -2.01. The van der Waals surface area contributed by atoms with E-state index in [2.05, 4.69) is 6.07 Å². The van der Waals surface area contributed by atoms with Crippen LogP contribution in [0.4, 0.5) is 0 Å². The monoisotopic (exact) mass is 113 g/mol. The van der Waals surface area contributed by atoms with Gasteiger partial charge in [-0.05, 0) is 5.92 Å². The minimum Gasteiger partial charge on any atom is -0.384 e. The van der Waals surface area contributed by atoms with E-state index in [0.29, 0.717) is 18.9 Å². The van der Waals surface area contributed by atoms with Crippen LogP contribution in [0, 0.1) is 17.2 Å². The minimum atomic E-state index is 0.380. The highest BCUT2D eigenvalue weighted by molar-refractivity contribution is 4.72. The van der Waals surface area contributed by atoms with Gasteiger partial charge in [-0.15, -0.1) is 0 Å². The van der Waals surface area contributed by atoms with Crippen molar-refractivity contribution in [1.29, 1.82) is 5.26 Å². The van der Waals surface area contributed by atoms with Gasteiger partial charge >= 0.3 is 0 Å². The molecule has 0 heterocycles. The highest BCUT2D eigenvalue weighted by Gasteiger charge is 1.96. The molecule has 0 fully saturated rings. The molecule has 0 amide bonds. The highest BCUT2D eigenvalue weighted by Crippen LogP contribution is 1.98. The van der Waals surface area contributed by atoms with Gasteiger partial charge in [0.15, 0.2) is 0 Å². The van der Waals surface area contributed by atoms with E-state index in [9.17, 15) is 0 Å². The van der Waals surface area contributed by atoms with E-state index in [1.165, 1.54) is 0 Å². The van der Waals surface area contributed by atoms with Crippen LogP contribution < -0.4 is 0 Å². The first-order chi connectivity index (χ1) is 3.81. The van der Waals surface area contributed by atoms with Crippen molar-refractivity contribution in [2.75, 3.05) is 13.7 Å². The lowest BCUT2D eigenvalue weighted by Crippen LogP contribution is -2.01. The molecule has 0 spiro atoms. The van der Waals surface area contributed by atoms with Crippen molar-refractivity contribution in [2.24, 2.45) is 5.92 Å². The van der Waals surface area contributed by atoms with Crippen LogP contribution in [0.2, 0.25) is 0 Å². The Hall–Kier alpha value is -0.550. The third-order valence-electron chi connectivity index (χ3n) is 0.891. The third-order valence-corrected chi connectivity index (χ3v) is 0.891. The van der Waals surface area contributed by atoms with Gasteiger partial charge in [-0.2, -0.15) is 5.26 Å². The molecule has 0 aromatic carbocycles. The van der Waals surface area contributed by atoms with E-state index in [1.54, 1.807) is 7.11 Å². The summed E-state index contributed by atoms with van der Waals surface area (Å²) in [5.41, 5.74) is 0. The molecule has 8 heavy (non-hydrogen) atoms. The van der Waals surface area contributed by atoms with E-state index in [0.717, 1.165) is 0 Å². The van der Waals surface area contributed by atoms with E-state index < -0.39 is 0 Å². The second-order valence-electron chi connectivity index (χ2n) is 1.92. The molecule has 0 aliphatic rings. The van der Waals surface area contributed by atoms with Crippen molar-refractivity contribution >= 4 is 0 Å². The summed E-state index contributed by atoms with van der Waals surface area (Å²) in [5.74, 6) is 0.380. The van der Waals surface area contributed by atoms with Gasteiger partial charge in [0.25, 0.3) is 0 Å². The molecule has 0 saturated heterocycles. The van der Waals surface area contributed by atoms with Crippen LogP contribution in [-0.2, 0) is 4.74 Å². The molecule has 0 rings (SSSR count). The summed E-state index contributed by atoms with van der Waals surface area (Å²) in [6.07, 6.45) is 0.591. The average molecular weight is 113 g/mol. The summed E-state index contributed by atoms with van der Waals surface area (Å²) in [5, 5.41) is 8.16. The number of methoxy groups -OCH3 is 1. The minimum absolute atomic E-state index is 0.380. The Morgan fingerprint density at radius 1 is 1.75 bits per heavy atom. The van der Waals surface area contributed by atoms with Crippen LogP contribution in [0.25, 0.3) is 0 Å². The molecule has 0 aliphatic carbocycles. The molecule has 0 radical (unpaired) electrons. The van der Waals surface area contributed by atoms with Crippen LogP contribution in [0.15, 0.2) is 0 Å². The fraction of sp³-hybridized carbons (Fsp3) is 0.833. The fourth-order valence-electron chi connectivity index (χ4n) is 0.499. The maximum atomic E-state index is 8.16. The molecular formula is C6H11NO. The molecule has 0 saturated carbocycles. The second-order valence-corrected chi connectivity index (χ2v) is 1.92. The zero-order chi connectivity index (χ0) is 6.41. The van der Waals surface area contributed by atoms with Crippen LogP contribution in [0.5, 0.6) is 0 Å². The summed E-state index contributed by atoms with van der Waals surface area (Å²) in [4.78, 5) is 0. The highest BCUT2D eigenvalue weighted by atomic mass is 16.5. The number of nitriles is 1. The van der Waals surface area contributed by atoms with Crippen LogP contribution in [-0.4, -0.2) is 13.7 Å². The Morgan fingerprint density at radius 2 is 2.38 bits per heavy atom. The van der Waals surface area contributed by atoms with E-state index in [4.69, 9.17) is 10.00 Å². The van der Waals surface area contributed by atoms with Crippen molar-refractivity contribution < 1.29 is 4.74 Å². The Morgan fingerprint density at radius 3 is 2.75 bits per heavy atom. The van der Waals surface area contributed by atoms with E-state index in [1.807, 2.05) is 6.92 Å². The van der Waals surface area contributed by atoms with Crippen molar-refractivity contribution in [3.63, 3.8) is 0 Å². The maximum Gasteiger partial charge on any atom is 0.0625 e. The van der Waals surface area contributed by atoms with Crippen molar-refractivity contribution in [3.8, 4) is 6.07 Å². The SMILES string of the molecule is COCC(C)CC#N. The number of ether oxygens (including phenoxy) is 1. The first-order valence-electron chi connectivity index (χ1n) is 2.67. The van der Waals surface area contributed by atoms with Gasteiger partial charge in [0.05, 0.1) is 6.07 Å². The largest absolute Gasteiger partial charge is 0.384 e.